The van der Waals surface area contributed by atoms with Crippen LogP contribution in [0.5, 0.6) is 0 Å². The van der Waals surface area contributed by atoms with Gasteiger partial charge in [-0.15, -0.1) is 0 Å². The molecule has 1 N–H and O–H groups in total. The molecule has 8 nitrogen and oxygen atoms in total. The van der Waals surface area contributed by atoms with Crippen LogP contribution in [0.2, 0.25) is 5.02 Å². The third-order valence-electron chi connectivity index (χ3n) is 6.17. The molecule has 0 saturated heterocycles. The summed E-state index contributed by atoms with van der Waals surface area (Å²) in [6.45, 7) is 0.638. The normalized spacial score (nSPS) is 14.3. The van der Waals surface area contributed by atoms with Crippen LogP contribution in [-0.4, -0.2) is 43.1 Å². The van der Waals surface area contributed by atoms with E-state index in [4.69, 9.17) is 16.3 Å². The number of hydrogen-bond acceptors (Lipinski definition) is 5. The summed E-state index contributed by atoms with van der Waals surface area (Å²) in [4.78, 5) is 30.7. The molecular weight excluding hydrogens is 456 g/mol. The van der Waals surface area contributed by atoms with E-state index < -0.39 is 11.2 Å². The molecule has 3 aromatic rings. The van der Waals surface area contributed by atoms with Crippen molar-refractivity contribution in [1.82, 2.24) is 18.7 Å². The highest BCUT2D eigenvalue weighted by molar-refractivity contribution is 6.30. The quantitative estimate of drug-likeness (QED) is 0.521. The summed E-state index contributed by atoms with van der Waals surface area (Å²) < 4.78 is 10.1. The number of aryl methyl sites for hydroxylation is 1. The molecule has 2 aromatic heterocycles. The number of rotatable bonds is 7. The predicted octanol–water partition coefficient (Wildman–Crippen LogP) is 2.68. The van der Waals surface area contributed by atoms with Crippen molar-refractivity contribution in [2.75, 3.05) is 13.2 Å². The van der Waals surface area contributed by atoms with Crippen LogP contribution in [0.15, 0.2) is 33.9 Å². The number of ether oxygens (including phenoxy) is 1. The van der Waals surface area contributed by atoms with Gasteiger partial charge in [-0.2, -0.15) is 0 Å². The van der Waals surface area contributed by atoms with Gasteiger partial charge < -0.3 is 14.4 Å². The summed E-state index contributed by atoms with van der Waals surface area (Å²) in [5.41, 5.74) is 0.580. The van der Waals surface area contributed by atoms with Gasteiger partial charge in [0, 0.05) is 25.2 Å². The van der Waals surface area contributed by atoms with Crippen LogP contribution in [0.4, 0.5) is 0 Å². The molecule has 1 saturated carbocycles. The first-order chi connectivity index (χ1) is 16.5. The van der Waals surface area contributed by atoms with Gasteiger partial charge in [-0.1, -0.05) is 48.9 Å². The van der Waals surface area contributed by atoms with Crippen LogP contribution < -0.4 is 11.2 Å². The fraction of sp³-hybridized carbons (Fsp3) is 0.480. The Morgan fingerprint density at radius 1 is 1.15 bits per heavy atom. The minimum atomic E-state index is -0.470. The number of benzene rings is 1. The lowest BCUT2D eigenvalue weighted by Gasteiger charge is -2.20. The first-order valence-corrected chi connectivity index (χ1v) is 12.0. The van der Waals surface area contributed by atoms with Crippen LogP contribution in [-0.2, 0) is 24.9 Å². The van der Waals surface area contributed by atoms with Crippen molar-refractivity contribution in [3.63, 3.8) is 0 Å². The van der Waals surface area contributed by atoms with Crippen molar-refractivity contribution in [1.29, 1.82) is 0 Å². The van der Waals surface area contributed by atoms with Crippen LogP contribution in [0, 0.1) is 11.8 Å². The van der Waals surface area contributed by atoms with Crippen LogP contribution in [0.1, 0.15) is 49.9 Å². The molecule has 34 heavy (non-hydrogen) atoms. The van der Waals surface area contributed by atoms with Gasteiger partial charge in [0.15, 0.2) is 17.0 Å². The van der Waals surface area contributed by atoms with Crippen LogP contribution >= 0.6 is 11.6 Å². The van der Waals surface area contributed by atoms with Gasteiger partial charge in [-0.25, -0.2) is 9.78 Å². The molecule has 9 heteroatoms. The zero-order valence-corrected chi connectivity index (χ0v) is 20.1. The Morgan fingerprint density at radius 2 is 1.88 bits per heavy atom. The van der Waals surface area contributed by atoms with Crippen molar-refractivity contribution >= 4 is 22.8 Å². The van der Waals surface area contributed by atoms with E-state index in [-0.39, 0.29) is 31.5 Å². The molecular formula is C25H29ClN4O4. The lowest BCUT2D eigenvalue weighted by atomic mass is 9.98. The monoisotopic (exact) mass is 484 g/mol. The van der Waals surface area contributed by atoms with Gasteiger partial charge in [0.25, 0.3) is 5.56 Å². The highest BCUT2D eigenvalue weighted by atomic mass is 35.5. The van der Waals surface area contributed by atoms with E-state index in [2.05, 4.69) is 16.8 Å². The van der Waals surface area contributed by atoms with Crippen molar-refractivity contribution in [3.8, 4) is 11.8 Å². The van der Waals surface area contributed by atoms with E-state index in [9.17, 15) is 14.7 Å². The van der Waals surface area contributed by atoms with Crippen molar-refractivity contribution in [3.05, 3.63) is 61.5 Å². The molecule has 0 amide bonds. The third kappa shape index (κ3) is 5.27. The minimum absolute atomic E-state index is 0.116. The van der Waals surface area contributed by atoms with Crippen LogP contribution in [0.3, 0.4) is 0 Å². The van der Waals surface area contributed by atoms with Gasteiger partial charge >= 0.3 is 5.69 Å². The SMILES string of the molecule is Cn1c(=O)n(CCCO)c(=O)c2c1nc(C#CCOC1CCCCC1)n2Cc1ccc(Cl)cc1. The van der Waals surface area contributed by atoms with Gasteiger partial charge in [0.1, 0.15) is 6.61 Å². The molecule has 0 atom stereocenters. The van der Waals surface area contributed by atoms with Crippen LogP contribution in [0.25, 0.3) is 11.2 Å². The second kappa shape index (κ2) is 11.0. The summed E-state index contributed by atoms with van der Waals surface area (Å²) >= 11 is 6.03. The molecule has 180 valence electrons. The Hall–Kier alpha value is -2.86. The van der Waals surface area contributed by atoms with E-state index in [0.29, 0.717) is 29.3 Å². The van der Waals surface area contributed by atoms with E-state index in [1.807, 2.05) is 12.1 Å². The smallest absolute Gasteiger partial charge is 0.332 e. The average Bonchev–Trinajstić information content (AvgIpc) is 3.21. The summed E-state index contributed by atoms with van der Waals surface area (Å²) in [7, 11) is 1.59. The zero-order valence-electron chi connectivity index (χ0n) is 19.3. The number of nitrogens with zero attached hydrogens (tertiary/aromatic N) is 4. The molecule has 0 radical (unpaired) electrons. The van der Waals surface area contributed by atoms with Gasteiger partial charge in [0.2, 0.25) is 0 Å². The van der Waals surface area contributed by atoms with E-state index in [0.717, 1.165) is 23.0 Å². The number of fused-ring (bicyclic) bond motifs is 1. The predicted molar refractivity (Wildman–Crippen MR) is 131 cm³/mol. The number of imidazole rings is 1. The summed E-state index contributed by atoms with van der Waals surface area (Å²) in [5, 5.41) is 9.82. The fourth-order valence-corrected chi connectivity index (χ4v) is 4.45. The fourth-order valence-electron chi connectivity index (χ4n) is 4.33. The van der Waals surface area contributed by atoms with E-state index in [1.165, 1.54) is 23.8 Å². The summed E-state index contributed by atoms with van der Waals surface area (Å²) in [6.07, 6.45) is 6.30. The van der Waals surface area contributed by atoms with Gasteiger partial charge in [0.05, 0.1) is 12.6 Å². The first kappa shape index (κ1) is 24.3. The van der Waals surface area contributed by atoms with Crippen molar-refractivity contribution in [2.45, 2.75) is 57.7 Å². The molecule has 4 rings (SSSR count). The average molecular weight is 485 g/mol. The second-order valence-corrected chi connectivity index (χ2v) is 9.01. The van der Waals surface area contributed by atoms with Crippen molar-refractivity contribution in [2.24, 2.45) is 7.05 Å². The zero-order chi connectivity index (χ0) is 24.1. The number of aliphatic hydroxyl groups excluding tert-OH is 1. The first-order valence-electron chi connectivity index (χ1n) is 11.7. The molecule has 0 aliphatic heterocycles. The molecule has 2 heterocycles. The minimum Gasteiger partial charge on any atom is -0.396 e. The Kier molecular flexibility index (Phi) is 7.88. The summed E-state index contributed by atoms with van der Waals surface area (Å²) in [6, 6.07) is 7.33. The number of hydrogen-bond donors (Lipinski definition) is 1. The largest absolute Gasteiger partial charge is 0.396 e. The Balaban J connectivity index is 1.75. The lowest BCUT2D eigenvalue weighted by molar-refractivity contribution is 0.0497. The highest BCUT2D eigenvalue weighted by Crippen LogP contribution is 2.20. The van der Waals surface area contributed by atoms with E-state index in [1.54, 1.807) is 23.7 Å². The Labute approximate surface area is 202 Å². The van der Waals surface area contributed by atoms with Gasteiger partial charge in [-0.05, 0) is 42.9 Å². The molecule has 1 aliphatic carbocycles. The molecule has 0 bridgehead atoms. The molecule has 0 unspecified atom stereocenters. The molecule has 0 spiro atoms. The number of aliphatic hydroxyl groups is 1. The van der Waals surface area contributed by atoms with E-state index >= 15 is 0 Å². The van der Waals surface area contributed by atoms with Gasteiger partial charge in [-0.3, -0.25) is 13.9 Å². The molecule has 1 aromatic carbocycles. The Morgan fingerprint density at radius 3 is 2.59 bits per heavy atom. The lowest BCUT2D eigenvalue weighted by Crippen LogP contribution is -2.40. The molecule has 1 aliphatic rings. The maximum Gasteiger partial charge on any atom is 0.332 e. The highest BCUT2D eigenvalue weighted by Gasteiger charge is 2.20. The maximum atomic E-state index is 13.3. The molecule has 1 fully saturated rings. The maximum absolute atomic E-state index is 13.3. The Bertz CT molecular complexity index is 1320. The standard InChI is InChI=1S/C25H29ClN4O4/c1-28-23-22(24(32)29(25(28)33)14-6-15-31)30(17-18-10-12-19(26)13-11-18)21(27-23)9-5-16-34-20-7-3-2-4-8-20/h10-13,20,31H,2-4,6-8,14-17H2,1H3. The summed E-state index contributed by atoms with van der Waals surface area (Å²) in [5.74, 6) is 6.49. The second-order valence-electron chi connectivity index (χ2n) is 8.57. The third-order valence-corrected chi connectivity index (χ3v) is 6.42. The van der Waals surface area contributed by atoms with Crippen molar-refractivity contribution < 1.29 is 9.84 Å². The topological polar surface area (TPSA) is 91.3 Å². The number of aromatic nitrogens is 4. The number of halogens is 1.